The molecule has 0 spiro atoms. The van der Waals surface area contributed by atoms with E-state index in [9.17, 15) is 9.18 Å². The van der Waals surface area contributed by atoms with Crippen molar-refractivity contribution in [1.29, 1.82) is 0 Å². The lowest BCUT2D eigenvalue weighted by Gasteiger charge is -2.41. The van der Waals surface area contributed by atoms with Crippen LogP contribution in [0, 0.1) is 19.7 Å². The number of nitrogens with zero attached hydrogens (tertiary/aromatic N) is 1. The van der Waals surface area contributed by atoms with Gasteiger partial charge in [-0.15, -0.1) is 0 Å². The normalized spacial score (nSPS) is 20.7. The van der Waals surface area contributed by atoms with Crippen LogP contribution in [0.15, 0.2) is 12.1 Å². The van der Waals surface area contributed by atoms with Gasteiger partial charge in [0.2, 0.25) is 0 Å². The summed E-state index contributed by atoms with van der Waals surface area (Å²) in [6, 6.07) is 2.98. The summed E-state index contributed by atoms with van der Waals surface area (Å²) in [6.07, 6.45) is 6.91. The molecule has 2 fully saturated rings. The fourth-order valence-electron chi connectivity index (χ4n) is 4.28. The highest BCUT2D eigenvalue weighted by Gasteiger charge is 2.63. The summed E-state index contributed by atoms with van der Waals surface area (Å²) >= 11 is 0. The third kappa shape index (κ3) is 3.89. The van der Waals surface area contributed by atoms with Gasteiger partial charge in [0.05, 0.1) is 20.1 Å². The second-order valence-electron chi connectivity index (χ2n) is 7.66. The zero-order valence-electron chi connectivity index (χ0n) is 16.5. The molecule has 1 heterocycles. The Morgan fingerprint density at radius 3 is 1.96 bits per heavy atom. The molecule has 1 saturated heterocycles. The number of rotatable bonds is 3. The number of amides is 1. The molecule has 0 radical (unpaired) electrons. The van der Waals surface area contributed by atoms with Crippen molar-refractivity contribution in [2.75, 3.05) is 25.5 Å². The van der Waals surface area contributed by atoms with E-state index in [1.165, 1.54) is 37.8 Å². The molecule has 4 heteroatoms. The van der Waals surface area contributed by atoms with Gasteiger partial charge in [0, 0.05) is 18.5 Å². The molecule has 1 aromatic rings. The molecule has 3 nitrogen and oxygen atoms in total. The summed E-state index contributed by atoms with van der Waals surface area (Å²) in [4.78, 5) is 13.1. The zero-order chi connectivity index (χ0) is 18.7. The molecular weight excluding hydrogens is 315 g/mol. The van der Waals surface area contributed by atoms with Crippen LogP contribution in [0.5, 0.6) is 0 Å². The third-order valence-corrected chi connectivity index (χ3v) is 5.97. The van der Waals surface area contributed by atoms with Gasteiger partial charge in [0.25, 0.3) is 5.91 Å². The molecule has 1 amide bonds. The average molecular weight is 350 g/mol. The maximum atomic E-state index is 13.5. The Kier molecular flexibility index (Phi) is 6.26. The van der Waals surface area contributed by atoms with Crippen molar-refractivity contribution in [3.05, 3.63) is 29.1 Å². The fraction of sp³-hybridized carbons (Fsp3) is 0.667. The topological polar surface area (TPSA) is 29.1 Å². The summed E-state index contributed by atoms with van der Waals surface area (Å²) in [6.45, 7) is 9.89. The molecule has 0 unspecified atom stereocenters. The molecule has 1 aromatic carbocycles. The number of likely N-dealkylation sites (tertiary alicyclic amines) is 1. The van der Waals surface area contributed by atoms with Gasteiger partial charge in [-0.2, -0.15) is 0 Å². The van der Waals surface area contributed by atoms with Crippen LogP contribution in [-0.2, 0) is 4.79 Å². The van der Waals surface area contributed by atoms with Crippen molar-refractivity contribution < 1.29 is 13.7 Å². The number of nitrogens with one attached hydrogen (secondary N) is 1. The van der Waals surface area contributed by atoms with Crippen molar-refractivity contribution in [2.45, 2.75) is 71.8 Å². The minimum atomic E-state index is -0.266. The first-order valence-electron chi connectivity index (χ1n) is 9.81. The van der Waals surface area contributed by atoms with Gasteiger partial charge in [-0.05, 0) is 62.8 Å². The van der Waals surface area contributed by atoms with Crippen molar-refractivity contribution in [3.8, 4) is 0 Å². The number of hydrogen-bond acceptors (Lipinski definition) is 1. The van der Waals surface area contributed by atoms with Gasteiger partial charge in [-0.3, -0.25) is 4.79 Å². The van der Waals surface area contributed by atoms with Crippen LogP contribution in [0.2, 0.25) is 0 Å². The number of halogens is 1. The predicted molar refractivity (Wildman–Crippen MR) is 102 cm³/mol. The number of aryl methyl sites for hydroxylation is 2. The molecular formula is C21H34FN2O+. The van der Waals surface area contributed by atoms with E-state index in [0.29, 0.717) is 0 Å². The molecule has 25 heavy (non-hydrogen) atoms. The third-order valence-electron chi connectivity index (χ3n) is 5.97. The Morgan fingerprint density at radius 1 is 1.04 bits per heavy atom. The Hall–Kier alpha value is -1.42. The number of carbonyl (C=O) groups excluding carboxylic acids is 1. The van der Waals surface area contributed by atoms with Crippen LogP contribution in [0.1, 0.15) is 63.5 Å². The van der Waals surface area contributed by atoms with E-state index in [-0.39, 0.29) is 17.3 Å². The van der Waals surface area contributed by atoms with Crippen molar-refractivity contribution in [1.82, 2.24) is 0 Å². The average Bonchev–Trinajstić information content (AvgIpc) is 3.38. The Bertz CT molecular complexity index is 591. The largest absolute Gasteiger partial charge is 0.320 e. The van der Waals surface area contributed by atoms with E-state index in [1.807, 2.05) is 27.7 Å². The van der Waals surface area contributed by atoms with Gasteiger partial charge in [0.1, 0.15) is 5.82 Å². The predicted octanol–water partition coefficient (Wildman–Crippen LogP) is 4.96. The number of hydrogen-bond donors (Lipinski definition) is 1. The van der Waals surface area contributed by atoms with E-state index in [2.05, 4.69) is 12.4 Å². The van der Waals surface area contributed by atoms with Gasteiger partial charge < -0.3 is 9.80 Å². The molecule has 0 atom stereocenters. The van der Waals surface area contributed by atoms with Crippen LogP contribution in [0.4, 0.5) is 10.1 Å². The van der Waals surface area contributed by atoms with Gasteiger partial charge in [-0.1, -0.05) is 13.8 Å². The second-order valence-corrected chi connectivity index (χ2v) is 7.66. The Balaban J connectivity index is 0.00000109. The number of benzene rings is 1. The maximum absolute atomic E-state index is 13.5. The number of likely N-dealkylation sites (N-methyl/N-ethyl adjacent to an activating group) is 1. The summed E-state index contributed by atoms with van der Waals surface area (Å²) < 4.78 is 14.3. The molecule has 1 aliphatic carbocycles. The first kappa shape index (κ1) is 19.9. The van der Waals surface area contributed by atoms with Gasteiger partial charge in [-0.25, -0.2) is 4.39 Å². The van der Waals surface area contributed by atoms with Crippen molar-refractivity contribution in [3.63, 3.8) is 0 Å². The van der Waals surface area contributed by atoms with E-state index in [4.69, 9.17) is 0 Å². The molecule has 1 N–H and O–H groups in total. The first-order valence-corrected chi connectivity index (χ1v) is 9.81. The highest BCUT2D eigenvalue weighted by atomic mass is 19.1. The molecule has 0 bridgehead atoms. The zero-order valence-corrected chi connectivity index (χ0v) is 16.5. The van der Waals surface area contributed by atoms with E-state index >= 15 is 0 Å². The fourth-order valence-corrected chi connectivity index (χ4v) is 4.28. The second kappa shape index (κ2) is 7.86. The highest BCUT2D eigenvalue weighted by Crippen LogP contribution is 2.48. The monoisotopic (exact) mass is 349 g/mol. The minimum Gasteiger partial charge on any atom is -0.320 e. The Labute approximate surface area is 152 Å². The van der Waals surface area contributed by atoms with Crippen molar-refractivity contribution in [2.24, 2.45) is 0 Å². The van der Waals surface area contributed by atoms with Crippen LogP contribution in [0.3, 0.4) is 0 Å². The lowest BCUT2D eigenvalue weighted by molar-refractivity contribution is -0.933. The van der Waals surface area contributed by atoms with Crippen LogP contribution < -0.4 is 5.32 Å². The minimum absolute atomic E-state index is 0.125. The van der Waals surface area contributed by atoms with Crippen molar-refractivity contribution >= 4 is 11.6 Å². The molecule has 1 saturated carbocycles. The van der Waals surface area contributed by atoms with Crippen LogP contribution >= 0.6 is 0 Å². The van der Waals surface area contributed by atoms with Crippen LogP contribution in [0.25, 0.3) is 0 Å². The Morgan fingerprint density at radius 2 is 1.52 bits per heavy atom. The molecule has 3 rings (SSSR count). The van der Waals surface area contributed by atoms with Gasteiger partial charge in [0.15, 0.2) is 5.54 Å². The summed E-state index contributed by atoms with van der Waals surface area (Å²) in [5.41, 5.74) is 2.11. The SMILES string of the molecule is CC.Cc1cc(F)cc(C)c1NC(=O)C1([N+]2(C)CCCCCC2)CC1. The summed E-state index contributed by atoms with van der Waals surface area (Å²) in [5.74, 6) is -0.120. The quantitative estimate of drug-likeness (QED) is 0.768. The number of quaternary nitrogens is 1. The number of carbonyl (C=O) groups is 1. The van der Waals surface area contributed by atoms with Crippen LogP contribution in [-0.4, -0.2) is 36.1 Å². The summed E-state index contributed by atoms with van der Waals surface area (Å²) in [5, 5.41) is 3.13. The highest BCUT2D eigenvalue weighted by molar-refractivity contribution is 6.00. The smallest absolute Gasteiger partial charge is 0.285 e. The standard InChI is InChI=1S/C19H27FN2O.C2H6/c1-14-12-16(20)13-15(2)17(14)21-18(23)19(8-9-19)22(3)10-6-4-5-7-11-22;1-2/h12-13H,4-11H2,1-3H3;1-2H3/p+1. The van der Waals surface area contributed by atoms with E-state index < -0.39 is 0 Å². The molecule has 2 aliphatic rings. The number of anilines is 1. The molecule has 140 valence electrons. The van der Waals surface area contributed by atoms with E-state index in [1.54, 1.807) is 0 Å². The summed E-state index contributed by atoms with van der Waals surface area (Å²) in [7, 11) is 2.25. The maximum Gasteiger partial charge on any atom is 0.285 e. The lowest BCUT2D eigenvalue weighted by Crippen LogP contribution is -2.60. The first-order chi connectivity index (χ1) is 11.9. The molecule has 1 aliphatic heterocycles. The van der Waals surface area contributed by atoms with Gasteiger partial charge >= 0.3 is 0 Å². The lowest BCUT2D eigenvalue weighted by atomic mass is 10.1. The molecule has 0 aromatic heterocycles. The van der Waals surface area contributed by atoms with E-state index in [0.717, 1.165) is 47.2 Å².